The smallest absolute Gasteiger partial charge is 0.267 e. The largest absolute Gasteiger partial charge is 0.304 e. The summed E-state index contributed by atoms with van der Waals surface area (Å²) in [6.45, 7) is 3.38. The van der Waals surface area contributed by atoms with Gasteiger partial charge in [0.2, 0.25) is 6.08 Å². The monoisotopic (exact) mass is 260 g/mol. The molecule has 0 bridgehead atoms. The Morgan fingerprint density at radius 3 is 2.63 bits per heavy atom. The number of nitrogens with one attached hydrogen (secondary N) is 1. The summed E-state index contributed by atoms with van der Waals surface area (Å²) in [5.74, 6) is -0.251. The Morgan fingerprint density at radius 1 is 1.26 bits per heavy atom. The van der Waals surface area contributed by atoms with Gasteiger partial charge in [-0.3, -0.25) is 10.2 Å². The molecule has 1 fully saturated rings. The molecule has 1 heterocycles. The third kappa shape index (κ3) is 3.48. The van der Waals surface area contributed by atoms with Gasteiger partial charge in [-0.15, -0.1) is 0 Å². The summed E-state index contributed by atoms with van der Waals surface area (Å²) in [4.78, 5) is 28.2. The number of carbonyl (C=O) groups excluding carboxylic acids is 2. The highest BCUT2D eigenvalue weighted by Crippen LogP contribution is 2.17. The third-order valence-corrected chi connectivity index (χ3v) is 3.08. The molecule has 19 heavy (non-hydrogen) atoms. The summed E-state index contributed by atoms with van der Waals surface area (Å²) in [5, 5.41) is 1.88. The quantitative estimate of drug-likeness (QED) is 0.636. The molecule has 0 atom stereocenters. The maximum Gasteiger partial charge on any atom is 0.267 e. The molecule has 0 saturated carbocycles. The maximum atomic E-state index is 12.1. The number of hydrogen-bond donors (Lipinski definition) is 1. The minimum atomic E-state index is -0.251. The van der Waals surface area contributed by atoms with Crippen LogP contribution in [-0.4, -0.2) is 55.1 Å². The first-order chi connectivity index (χ1) is 9.20. The normalized spacial score (nSPS) is 16.7. The van der Waals surface area contributed by atoms with Crippen LogP contribution in [0.4, 0.5) is 5.69 Å². The van der Waals surface area contributed by atoms with E-state index in [9.17, 15) is 9.59 Å². The van der Waals surface area contributed by atoms with Gasteiger partial charge >= 0.3 is 0 Å². The Hall–Kier alpha value is -2.01. The molecule has 100 valence electrons. The van der Waals surface area contributed by atoms with E-state index in [1.54, 1.807) is 24.3 Å². The van der Waals surface area contributed by atoms with Crippen molar-refractivity contribution in [3.05, 3.63) is 29.8 Å². The lowest BCUT2D eigenvalue weighted by molar-refractivity contribution is 0.0663. The maximum absolute atomic E-state index is 12.1. The van der Waals surface area contributed by atoms with Gasteiger partial charge in [-0.2, -0.15) is 4.99 Å². The molecule has 6 nitrogen and oxygen atoms in total. The molecule has 1 N–H and O–H groups in total. The number of hydrogen-bond acceptors (Lipinski definition) is 5. The zero-order valence-electron chi connectivity index (χ0n) is 10.8. The van der Waals surface area contributed by atoms with Gasteiger partial charge < -0.3 is 4.90 Å². The standard InChI is InChI=1S/C13H16N4O2/c1-16-6-8-17(9-7-16)15-13(19)11-4-2-3-5-12(11)14-10-18/h2-5H,6-9H2,1H3,(H,15,19). The van der Waals surface area contributed by atoms with Crippen LogP contribution in [0.5, 0.6) is 0 Å². The molecular weight excluding hydrogens is 244 g/mol. The fourth-order valence-corrected chi connectivity index (χ4v) is 1.93. The average Bonchev–Trinajstić information content (AvgIpc) is 2.42. The predicted octanol–water partition coefficient (Wildman–Crippen LogP) is 0.546. The van der Waals surface area contributed by atoms with Crippen molar-refractivity contribution in [2.75, 3.05) is 33.2 Å². The van der Waals surface area contributed by atoms with Gasteiger partial charge in [0.1, 0.15) is 0 Å². The number of rotatable bonds is 3. The first-order valence-corrected chi connectivity index (χ1v) is 6.12. The number of amides is 1. The Labute approximate surface area is 111 Å². The van der Waals surface area contributed by atoms with Crippen molar-refractivity contribution in [2.24, 2.45) is 4.99 Å². The van der Waals surface area contributed by atoms with Gasteiger partial charge in [0.05, 0.1) is 11.3 Å². The van der Waals surface area contributed by atoms with Crippen LogP contribution < -0.4 is 5.43 Å². The van der Waals surface area contributed by atoms with E-state index in [1.165, 1.54) is 6.08 Å². The molecule has 1 amide bonds. The summed E-state index contributed by atoms with van der Waals surface area (Å²) in [5.41, 5.74) is 3.55. The summed E-state index contributed by atoms with van der Waals surface area (Å²) < 4.78 is 0. The molecule has 2 rings (SSSR count). The molecule has 0 aliphatic carbocycles. The molecule has 1 aliphatic rings. The topological polar surface area (TPSA) is 65.0 Å². The van der Waals surface area contributed by atoms with E-state index in [-0.39, 0.29) is 5.91 Å². The van der Waals surface area contributed by atoms with Crippen LogP contribution in [0.2, 0.25) is 0 Å². The van der Waals surface area contributed by atoms with Gasteiger partial charge in [-0.1, -0.05) is 12.1 Å². The Morgan fingerprint density at radius 2 is 1.95 bits per heavy atom. The molecule has 0 spiro atoms. The minimum absolute atomic E-state index is 0.251. The van der Waals surface area contributed by atoms with Crippen molar-refractivity contribution >= 4 is 17.7 Å². The molecule has 0 radical (unpaired) electrons. The van der Waals surface area contributed by atoms with Gasteiger partial charge in [-0.25, -0.2) is 9.80 Å². The van der Waals surface area contributed by atoms with Crippen molar-refractivity contribution in [1.82, 2.24) is 15.3 Å². The fourth-order valence-electron chi connectivity index (χ4n) is 1.93. The zero-order valence-corrected chi connectivity index (χ0v) is 10.8. The van der Waals surface area contributed by atoms with Crippen LogP contribution in [0, 0.1) is 0 Å². The Balaban J connectivity index is 2.06. The molecule has 0 aromatic heterocycles. The third-order valence-electron chi connectivity index (χ3n) is 3.08. The average molecular weight is 260 g/mol. The Bertz CT molecular complexity index is 503. The number of aliphatic imine (C=N–C) groups is 1. The van der Waals surface area contributed by atoms with Crippen LogP contribution in [0.15, 0.2) is 29.3 Å². The predicted molar refractivity (Wildman–Crippen MR) is 70.8 cm³/mol. The lowest BCUT2D eigenvalue weighted by Crippen LogP contribution is -2.52. The number of piperazine rings is 1. The summed E-state index contributed by atoms with van der Waals surface area (Å²) in [7, 11) is 2.05. The molecule has 1 saturated heterocycles. The van der Waals surface area contributed by atoms with Gasteiger partial charge in [-0.05, 0) is 19.2 Å². The first-order valence-electron chi connectivity index (χ1n) is 6.12. The fraction of sp³-hybridized carbons (Fsp3) is 0.385. The van der Waals surface area contributed by atoms with E-state index < -0.39 is 0 Å². The van der Waals surface area contributed by atoms with Crippen molar-refractivity contribution in [2.45, 2.75) is 0 Å². The molecule has 1 aliphatic heterocycles. The lowest BCUT2D eigenvalue weighted by atomic mass is 10.2. The summed E-state index contributed by atoms with van der Waals surface area (Å²) in [6.07, 6.45) is 1.46. The van der Waals surface area contributed by atoms with Crippen LogP contribution >= 0.6 is 0 Å². The van der Waals surface area contributed by atoms with Crippen molar-refractivity contribution in [1.29, 1.82) is 0 Å². The van der Waals surface area contributed by atoms with Gasteiger partial charge in [0, 0.05) is 26.2 Å². The minimum Gasteiger partial charge on any atom is -0.304 e. The first kappa shape index (κ1) is 13.4. The summed E-state index contributed by atoms with van der Waals surface area (Å²) in [6, 6.07) is 6.72. The molecule has 6 heteroatoms. The van der Waals surface area contributed by atoms with Crippen LogP contribution in [0.3, 0.4) is 0 Å². The van der Waals surface area contributed by atoms with E-state index in [0.717, 1.165) is 26.2 Å². The number of nitrogens with zero attached hydrogens (tertiary/aromatic N) is 3. The highest BCUT2D eigenvalue weighted by atomic mass is 16.2. The number of carbonyl (C=O) groups is 1. The van der Waals surface area contributed by atoms with Crippen molar-refractivity contribution < 1.29 is 9.59 Å². The lowest BCUT2D eigenvalue weighted by Gasteiger charge is -2.32. The van der Waals surface area contributed by atoms with Crippen LogP contribution in [0.1, 0.15) is 10.4 Å². The van der Waals surface area contributed by atoms with E-state index in [2.05, 4.69) is 15.3 Å². The Kier molecular flexibility index (Phi) is 4.41. The van der Waals surface area contributed by atoms with Crippen molar-refractivity contribution in [3.8, 4) is 0 Å². The van der Waals surface area contributed by atoms with E-state index >= 15 is 0 Å². The second-order valence-electron chi connectivity index (χ2n) is 4.45. The highest BCUT2D eigenvalue weighted by molar-refractivity contribution is 5.98. The number of benzene rings is 1. The molecule has 1 aromatic carbocycles. The molecule has 0 unspecified atom stereocenters. The summed E-state index contributed by atoms with van der Waals surface area (Å²) >= 11 is 0. The van der Waals surface area contributed by atoms with E-state index in [4.69, 9.17) is 0 Å². The van der Waals surface area contributed by atoms with Crippen LogP contribution in [-0.2, 0) is 4.79 Å². The highest BCUT2D eigenvalue weighted by Gasteiger charge is 2.18. The number of hydrazine groups is 1. The van der Waals surface area contributed by atoms with Gasteiger partial charge in [0.25, 0.3) is 5.91 Å². The van der Waals surface area contributed by atoms with Crippen molar-refractivity contribution in [3.63, 3.8) is 0 Å². The second kappa shape index (κ2) is 6.24. The zero-order chi connectivity index (χ0) is 13.7. The van der Waals surface area contributed by atoms with E-state index in [0.29, 0.717) is 11.3 Å². The van der Waals surface area contributed by atoms with Gasteiger partial charge in [0.15, 0.2) is 0 Å². The number of para-hydroxylation sites is 1. The molecule has 1 aromatic rings. The number of likely N-dealkylation sites (N-methyl/N-ethyl adjacent to an activating group) is 1. The van der Waals surface area contributed by atoms with Crippen LogP contribution in [0.25, 0.3) is 0 Å². The second-order valence-corrected chi connectivity index (χ2v) is 4.45. The SMILES string of the molecule is CN1CCN(NC(=O)c2ccccc2N=C=O)CC1. The van der Waals surface area contributed by atoms with E-state index in [1.807, 2.05) is 12.1 Å². The number of isocyanates is 1. The molecular formula is C13H16N4O2.